The summed E-state index contributed by atoms with van der Waals surface area (Å²) in [4.78, 5) is 18.3. The summed E-state index contributed by atoms with van der Waals surface area (Å²) < 4.78 is 0. The van der Waals surface area contributed by atoms with Crippen LogP contribution in [0.4, 0.5) is 0 Å². The first kappa shape index (κ1) is 12.3. The Bertz CT molecular complexity index is 560. The first-order chi connectivity index (χ1) is 8.74. The number of hydrogen-bond donors (Lipinski definition) is 0. The van der Waals surface area contributed by atoms with Crippen LogP contribution in [0.1, 0.15) is 21.4 Å². The number of nitriles is 1. The van der Waals surface area contributed by atoms with Gasteiger partial charge in [0, 0.05) is 13.2 Å². The summed E-state index contributed by atoms with van der Waals surface area (Å²) in [6.07, 6.45) is 1.61. The fourth-order valence-corrected chi connectivity index (χ4v) is 2.29. The van der Waals surface area contributed by atoms with Gasteiger partial charge in [0.2, 0.25) is 0 Å². The van der Waals surface area contributed by atoms with Crippen molar-refractivity contribution in [2.75, 3.05) is 7.05 Å². The van der Waals surface area contributed by atoms with Crippen molar-refractivity contribution in [3.8, 4) is 6.07 Å². The van der Waals surface area contributed by atoms with E-state index in [0.717, 1.165) is 0 Å². The topological polar surface area (TPSA) is 57.0 Å². The second-order valence-corrected chi connectivity index (χ2v) is 4.63. The molecule has 0 aliphatic rings. The van der Waals surface area contributed by atoms with Crippen molar-refractivity contribution in [1.29, 1.82) is 5.26 Å². The van der Waals surface area contributed by atoms with Gasteiger partial charge in [0.1, 0.15) is 0 Å². The molecule has 2 heterocycles. The monoisotopic (exact) mass is 257 g/mol. The lowest BCUT2D eigenvalue weighted by atomic mass is 10.2. The number of pyridine rings is 1. The Hall–Kier alpha value is -2.19. The van der Waals surface area contributed by atoms with Gasteiger partial charge in [0.15, 0.2) is 6.04 Å². The molecule has 0 spiro atoms. The summed E-state index contributed by atoms with van der Waals surface area (Å²) in [6.45, 7) is 0. The summed E-state index contributed by atoms with van der Waals surface area (Å²) in [6, 6.07) is 10.3. The van der Waals surface area contributed by atoms with Gasteiger partial charge in [0.05, 0.1) is 16.6 Å². The first-order valence-electron chi connectivity index (χ1n) is 5.35. The zero-order chi connectivity index (χ0) is 13.0. The van der Waals surface area contributed by atoms with Crippen molar-refractivity contribution in [2.45, 2.75) is 6.04 Å². The van der Waals surface area contributed by atoms with Crippen LogP contribution in [0.3, 0.4) is 0 Å². The van der Waals surface area contributed by atoms with Crippen LogP contribution < -0.4 is 0 Å². The van der Waals surface area contributed by atoms with E-state index in [4.69, 9.17) is 0 Å². The van der Waals surface area contributed by atoms with Gasteiger partial charge >= 0.3 is 0 Å². The molecule has 1 atom stereocenters. The van der Waals surface area contributed by atoms with Crippen molar-refractivity contribution in [3.63, 3.8) is 0 Å². The summed E-state index contributed by atoms with van der Waals surface area (Å²) in [7, 11) is 1.62. The van der Waals surface area contributed by atoms with Crippen LogP contribution in [0.25, 0.3) is 0 Å². The fourth-order valence-electron chi connectivity index (χ4n) is 1.58. The highest BCUT2D eigenvalue weighted by molar-refractivity contribution is 7.12. The second-order valence-electron chi connectivity index (χ2n) is 3.68. The van der Waals surface area contributed by atoms with Gasteiger partial charge in [-0.3, -0.25) is 9.78 Å². The summed E-state index contributed by atoms with van der Waals surface area (Å²) >= 11 is 1.36. The summed E-state index contributed by atoms with van der Waals surface area (Å²) in [5, 5.41) is 11.1. The van der Waals surface area contributed by atoms with Crippen LogP contribution in [0, 0.1) is 11.3 Å². The lowest BCUT2D eigenvalue weighted by Crippen LogP contribution is -2.30. The van der Waals surface area contributed by atoms with E-state index in [0.29, 0.717) is 10.6 Å². The normalized spacial score (nSPS) is 11.6. The van der Waals surface area contributed by atoms with Crippen LogP contribution >= 0.6 is 11.3 Å². The molecule has 1 unspecified atom stereocenters. The van der Waals surface area contributed by atoms with Crippen molar-refractivity contribution in [3.05, 3.63) is 52.5 Å². The second kappa shape index (κ2) is 5.43. The zero-order valence-corrected chi connectivity index (χ0v) is 10.6. The lowest BCUT2D eigenvalue weighted by molar-refractivity contribution is 0.0766. The van der Waals surface area contributed by atoms with Crippen molar-refractivity contribution < 1.29 is 4.79 Å². The highest BCUT2D eigenvalue weighted by Crippen LogP contribution is 2.20. The molecule has 0 bridgehead atoms. The Balaban J connectivity index is 2.24. The van der Waals surface area contributed by atoms with E-state index in [1.54, 1.807) is 37.5 Å². The van der Waals surface area contributed by atoms with Gasteiger partial charge in [0.25, 0.3) is 5.91 Å². The molecule has 0 aromatic carbocycles. The molecule has 2 rings (SSSR count). The average Bonchev–Trinajstić information content (AvgIpc) is 2.94. The van der Waals surface area contributed by atoms with Gasteiger partial charge < -0.3 is 4.90 Å². The molecule has 4 nitrogen and oxygen atoms in total. The third-order valence-electron chi connectivity index (χ3n) is 2.53. The quantitative estimate of drug-likeness (QED) is 0.848. The maximum Gasteiger partial charge on any atom is 0.265 e. The van der Waals surface area contributed by atoms with E-state index in [1.807, 2.05) is 11.4 Å². The molecule has 0 saturated carbocycles. The molecule has 90 valence electrons. The van der Waals surface area contributed by atoms with Crippen LogP contribution in [0.2, 0.25) is 0 Å². The molecule has 0 aliphatic heterocycles. The Kier molecular flexibility index (Phi) is 3.70. The standard InChI is InChI=1S/C13H11N3OS/c1-16(13(17)12-6-4-8-18-12)11(9-14)10-5-2-3-7-15-10/h2-8,11H,1H3. The maximum absolute atomic E-state index is 12.1. The van der Waals surface area contributed by atoms with Gasteiger partial charge in [-0.25, -0.2) is 0 Å². The van der Waals surface area contributed by atoms with Gasteiger partial charge in [-0.2, -0.15) is 5.26 Å². The molecule has 0 radical (unpaired) electrons. The number of amides is 1. The molecule has 0 aliphatic carbocycles. The molecule has 1 amide bonds. The molecule has 5 heteroatoms. The van der Waals surface area contributed by atoms with Crippen molar-refractivity contribution in [1.82, 2.24) is 9.88 Å². The predicted molar refractivity (Wildman–Crippen MR) is 69.0 cm³/mol. The smallest absolute Gasteiger partial charge is 0.265 e. The number of carbonyl (C=O) groups is 1. The fraction of sp³-hybridized carbons (Fsp3) is 0.154. The number of hydrogen-bond acceptors (Lipinski definition) is 4. The summed E-state index contributed by atoms with van der Waals surface area (Å²) in [5.41, 5.74) is 0.576. The van der Waals surface area contributed by atoms with Crippen LogP contribution in [0.5, 0.6) is 0 Å². The van der Waals surface area contributed by atoms with Crippen LogP contribution in [0.15, 0.2) is 41.9 Å². The maximum atomic E-state index is 12.1. The highest BCUT2D eigenvalue weighted by Gasteiger charge is 2.23. The third-order valence-corrected chi connectivity index (χ3v) is 3.39. The number of thiophene rings is 1. The molecule has 0 N–H and O–H groups in total. The van der Waals surface area contributed by atoms with Gasteiger partial charge in [-0.05, 0) is 23.6 Å². The van der Waals surface area contributed by atoms with E-state index >= 15 is 0 Å². The molecule has 18 heavy (non-hydrogen) atoms. The van der Waals surface area contributed by atoms with E-state index in [9.17, 15) is 10.1 Å². The molecular formula is C13H11N3OS. The van der Waals surface area contributed by atoms with Crippen molar-refractivity contribution in [2.24, 2.45) is 0 Å². The number of nitrogens with zero attached hydrogens (tertiary/aromatic N) is 3. The van der Waals surface area contributed by atoms with Crippen LogP contribution in [-0.2, 0) is 0 Å². The van der Waals surface area contributed by atoms with E-state index in [-0.39, 0.29) is 5.91 Å². The largest absolute Gasteiger partial charge is 0.320 e. The molecule has 2 aromatic heterocycles. The lowest BCUT2D eigenvalue weighted by Gasteiger charge is -2.21. The minimum atomic E-state index is -0.666. The average molecular weight is 257 g/mol. The third kappa shape index (κ3) is 2.39. The Morgan fingerprint density at radius 3 is 2.83 bits per heavy atom. The summed E-state index contributed by atoms with van der Waals surface area (Å²) in [5.74, 6) is -0.165. The predicted octanol–water partition coefficient (Wildman–Crippen LogP) is 2.48. The molecule has 0 saturated heterocycles. The zero-order valence-electron chi connectivity index (χ0n) is 9.78. The Morgan fingerprint density at radius 2 is 2.28 bits per heavy atom. The minimum Gasteiger partial charge on any atom is -0.320 e. The SMILES string of the molecule is CN(C(=O)c1cccs1)C(C#N)c1ccccn1. The van der Waals surface area contributed by atoms with Gasteiger partial charge in [-0.15, -0.1) is 11.3 Å². The van der Waals surface area contributed by atoms with E-state index < -0.39 is 6.04 Å². The molecular weight excluding hydrogens is 246 g/mol. The van der Waals surface area contributed by atoms with E-state index in [2.05, 4.69) is 11.1 Å². The Labute approximate surface area is 109 Å². The Morgan fingerprint density at radius 1 is 1.44 bits per heavy atom. The molecule has 2 aromatic rings. The van der Waals surface area contributed by atoms with Crippen molar-refractivity contribution >= 4 is 17.2 Å². The molecule has 0 fully saturated rings. The van der Waals surface area contributed by atoms with E-state index in [1.165, 1.54) is 16.2 Å². The number of carbonyl (C=O) groups excluding carboxylic acids is 1. The van der Waals surface area contributed by atoms with Crippen LogP contribution in [-0.4, -0.2) is 22.8 Å². The first-order valence-corrected chi connectivity index (χ1v) is 6.23. The minimum absolute atomic E-state index is 0.165. The highest BCUT2D eigenvalue weighted by atomic mass is 32.1. The number of aromatic nitrogens is 1. The van der Waals surface area contributed by atoms with Gasteiger partial charge in [-0.1, -0.05) is 12.1 Å². The number of rotatable bonds is 3.